The number of rotatable bonds is 3. The molecule has 2 aromatic rings. The van der Waals surface area contributed by atoms with E-state index < -0.39 is 5.82 Å². The minimum absolute atomic E-state index is 0.136. The van der Waals surface area contributed by atoms with Gasteiger partial charge in [0.15, 0.2) is 0 Å². The zero-order valence-electron chi connectivity index (χ0n) is 9.48. The van der Waals surface area contributed by atoms with Crippen molar-refractivity contribution in [3.8, 4) is 5.75 Å². The van der Waals surface area contributed by atoms with Crippen molar-refractivity contribution in [3.05, 3.63) is 58.6 Å². The maximum absolute atomic E-state index is 12.7. The molecule has 18 heavy (non-hydrogen) atoms. The second-order valence-electron chi connectivity index (χ2n) is 3.54. The molecule has 3 nitrogen and oxygen atoms in total. The van der Waals surface area contributed by atoms with Gasteiger partial charge in [0, 0.05) is 5.02 Å². The van der Waals surface area contributed by atoms with E-state index in [0.29, 0.717) is 16.3 Å². The first kappa shape index (κ1) is 12.5. The number of pyridine rings is 1. The summed E-state index contributed by atoms with van der Waals surface area (Å²) in [5.41, 5.74) is 0.432. The summed E-state index contributed by atoms with van der Waals surface area (Å²) in [6, 6.07) is 7.21. The van der Waals surface area contributed by atoms with Gasteiger partial charge in [0.1, 0.15) is 17.3 Å². The normalized spacial score (nSPS) is 10.2. The quantitative estimate of drug-likeness (QED) is 0.801. The number of halogens is 2. The van der Waals surface area contributed by atoms with Gasteiger partial charge in [-0.15, -0.1) is 0 Å². The summed E-state index contributed by atoms with van der Waals surface area (Å²) in [6.07, 6.45) is 0.990. The van der Waals surface area contributed by atoms with Crippen LogP contribution in [0, 0.1) is 5.82 Å². The third-order valence-electron chi connectivity index (χ3n) is 2.37. The molecule has 0 spiro atoms. The second-order valence-corrected chi connectivity index (χ2v) is 3.97. The Morgan fingerprint density at radius 1 is 1.33 bits per heavy atom. The number of methoxy groups -OCH3 is 1. The number of ether oxygens (including phenoxy) is 1. The molecule has 2 rings (SSSR count). The standard InChI is InChI=1S/C13H9ClFNO2/c1-18-12-5-2-8(14)6-10(12)13(17)11-4-3-9(15)7-16-11/h2-7H,1H3. The van der Waals surface area contributed by atoms with E-state index in [9.17, 15) is 9.18 Å². The molecule has 0 saturated carbocycles. The van der Waals surface area contributed by atoms with Crippen molar-refractivity contribution >= 4 is 17.4 Å². The summed E-state index contributed by atoms with van der Waals surface area (Å²) >= 11 is 5.84. The first-order valence-electron chi connectivity index (χ1n) is 5.11. The van der Waals surface area contributed by atoms with Crippen LogP contribution in [0.15, 0.2) is 36.5 Å². The topological polar surface area (TPSA) is 39.2 Å². The van der Waals surface area contributed by atoms with Gasteiger partial charge in [-0.3, -0.25) is 4.79 Å². The summed E-state index contributed by atoms with van der Waals surface area (Å²) in [5, 5.41) is 0.418. The Balaban J connectivity index is 2.45. The Bertz CT molecular complexity index is 584. The van der Waals surface area contributed by atoms with Crippen LogP contribution in [0.5, 0.6) is 5.75 Å². The molecule has 0 bridgehead atoms. The highest BCUT2D eigenvalue weighted by atomic mass is 35.5. The fourth-order valence-electron chi connectivity index (χ4n) is 1.51. The zero-order valence-corrected chi connectivity index (χ0v) is 10.2. The van der Waals surface area contributed by atoms with Crippen LogP contribution in [-0.4, -0.2) is 17.9 Å². The molecule has 92 valence electrons. The van der Waals surface area contributed by atoms with E-state index >= 15 is 0 Å². The highest BCUT2D eigenvalue weighted by Crippen LogP contribution is 2.24. The fraction of sp³-hybridized carbons (Fsp3) is 0.0769. The smallest absolute Gasteiger partial charge is 0.215 e. The summed E-state index contributed by atoms with van der Waals surface area (Å²) in [6.45, 7) is 0. The van der Waals surface area contributed by atoms with Crippen molar-refractivity contribution in [1.29, 1.82) is 0 Å². The van der Waals surface area contributed by atoms with Crippen LogP contribution in [0.3, 0.4) is 0 Å². The molecule has 5 heteroatoms. The van der Waals surface area contributed by atoms with E-state index in [4.69, 9.17) is 16.3 Å². The van der Waals surface area contributed by atoms with Crippen LogP contribution in [0.25, 0.3) is 0 Å². The predicted octanol–water partition coefficient (Wildman–Crippen LogP) is 3.11. The van der Waals surface area contributed by atoms with Crippen LogP contribution in [0.2, 0.25) is 5.02 Å². The number of carbonyl (C=O) groups is 1. The Labute approximate surface area is 108 Å². The van der Waals surface area contributed by atoms with E-state index in [1.165, 1.54) is 25.3 Å². The minimum atomic E-state index is -0.496. The van der Waals surface area contributed by atoms with E-state index in [0.717, 1.165) is 6.20 Å². The highest BCUT2D eigenvalue weighted by molar-refractivity contribution is 6.31. The van der Waals surface area contributed by atoms with Crippen molar-refractivity contribution in [2.24, 2.45) is 0 Å². The molecule has 0 unspecified atom stereocenters. The molecule has 1 aromatic heterocycles. The first-order chi connectivity index (χ1) is 8.61. The predicted molar refractivity (Wildman–Crippen MR) is 65.6 cm³/mol. The summed E-state index contributed by atoms with van der Waals surface area (Å²) in [5.74, 6) is -0.463. The van der Waals surface area contributed by atoms with Crippen LogP contribution in [-0.2, 0) is 0 Å². The molecule has 0 radical (unpaired) electrons. The van der Waals surface area contributed by atoms with Gasteiger partial charge in [0.25, 0.3) is 0 Å². The van der Waals surface area contributed by atoms with Gasteiger partial charge >= 0.3 is 0 Å². The third-order valence-corrected chi connectivity index (χ3v) is 2.60. The summed E-state index contributed by atoms with van der Waals surface area (Å²) in [4.78, 5) is 15.9. The third kappa shape index (κ3) is 2.49. The van der Waals surface area contributed by atoms with Crippen molar-refractivity contribution in [1.82, 2.24) is 4.98 Å². The molecule has 0 fully saturated rings. The maximum Gasteiger partial charge on any atom is 0.215 e. The minimum Gasteiger partial charge on any atom is -0.496 e. The Kier molecular flexibility index (Phi) is 3.58. The van der Waals surface area contributed by atoms with E-state index in [1.54, 1.807) is 12.1 Å². The molecular formula is C13H9ClFNO2. The number of nitrogens with zero attached hydrogens (tertiary/aromatic N) is 1. The average molecular weight is 266 g/mol. The van der Waals surface area contributed by atoms with Gasteiger partial charge < -0.3 is 4.74 Å². The van der Waals surface area contributed by atoms with Gasteiger partial charge in [-0.1, -0.05) is 11.6 Å². The summed E-state index contributed by atoms with van der Waals surface area (Å²) < 4.78 is 17.8. The molecule has 0 aliphatic heterocycles. The summed E-state index contributed by atoms with van der Waals surface area (Å²) in [7, 11) is 1.46. The van der Waals surface area contributed by atoms with Crippen LogP contribution in [0.4, 0.5) is 4.39 Å². The lowest BCUT2D eigenvalue weighted by atomic mass is 10.1. The van der Waals surface area contributed by atoms with E-state index in [2.05, 4.69) is 4.98 Å². The second kappa shape index (κ2) is 5.14. The van der Waals surface area contributed by atoms with Crippen molar-refractivity contribution < 1.29 is 13.9 Å². The van der Waals surface area contributed by atoms with Gasteiger partial charge in [0.2, 0.25) is 5.78 Å². The first-order valence-corrected chi connectivity index (χ1v) is 5.49. The molecule has 1 aromatic carbocycles. The van der Waals surface area contributed by atoms with Crippen LogP contribution < -0.4 is 4.74 Å². The Morgan fingerprint density at radius 3 is 2.72 bits per heavy atom. The molecule has 0 saturated heterocycles. The number of hydrogen-bond donors (Lipinski definition) is 0. The number of hydrogen-bond acceptors (Lipinski definition) is 3. The highest BCUT2D eigenvalue weighted by Gasteiger charge is 2.16. The van der Waals surface area contributed by atoms with Gasteiger partial charge in [-0.25, -0.2) is 9.37 Å². The number of aromatic nitrogens is 1. The van der Waals surface area contributed by atoms with Crippen LogP contribution >= 0.6 is 11.6 Å². The maximum atomic E-state index is 12.7. The largest absolute Gasteiger partial charge is 0.496 e. The van der Waals surface area contributed by atoms with Gasteiger partial charge in [0.05, 0.1) is 18.9 Å². The SMILES string of the molecule is COc1ccc(Cl)cc1C(=O)c1ccc(F)cn1. The number of carbonyl (C=O) groups excluding carboxylic acids is 1. The lowest BCUT2D eigenvalue weighted by Crippen LogP contribution is -2.06. The monoisotopic (exact) mass is 265 g/mol. The van der Waals surface area contributed by atoms with Crippen LogP contribution in [0.1, 0.15) is 16.1 Å². The number of ketones is 1. The van der Waals surface area contributed by atoms with Gasteiger partial charge in [-0.2, -0.15) is 0 Å². The van der Waals surface area contributed by atoms with Crippen molar-refractivity contribution in [2.75, 3.05) is 7.11 Å². The Morgan fingerprint density at radius 2 is 2.11 bits per heavy atom. The lowest BCUT2D eigenvalue weighted by Gasteiger charge is -2.07. The number of benzene rings is 1. The lowest BCUT2D eigenvalue weighted by molar-refractivity contribution is 0.103. The Hall–Kier alpha value is -1.94. The molecule has 0 aliphatic carbocycles. The molecule has 0 N–H and O–H groups in total. The van der Waals surface area contributed by atoms with Crippen molar-refractivity contribution in [3.63, 3.8) is 0 Å². The molecule has 1 heterocycles. The molecule has 0 amide bonds. The van der Waals surface area contributed by atoms with Gasteiger partial charge in [-0.05, 0) is 30.3 Å². The van der Waals surface area contributed by atoms with Crippen molar-refractivity contribution in [2.45, 2.75) is 0 Å². The van der Waals surface area contributed by atoms with E-state index in [1.807, 2.05) is 0 Å². The molecule has 0 atom stereocenters. The average Bonchev–Trinajstić information content (AvgIpc) is 2.39. The molecular weight excluding hydrogens is 257 g/mol. The van der Waals surface area contributed by atoms with E-state index in [-0.39, 0.29) is 11.5 Å². The zero-order chi connectivity index (χ0) is 13.1. The molecule has 0 aliphatic rings. The fourth-order valence-corrected chi connectivity index (χ4v) is 1.68.